The summed E-state index contributed by atoms with van der Waals surface area (Å²) in [5.74, 6) is -0.665. The molecule has 0 rings (SSSR count). The first kappa shape index (κ1) is 9.62. The van der Waals surface area contributed by atoms with E-state index >= 15 is 0 Å². The van der Waals surface area contributed by atoms with Crippen LogP contribution in [0.25, 0.3) is 0 Å². The zero-order valence-electron chi connectivity index (χ0n) is 5.78. The lowest BCUT2D eigenvalue weighted by atomic mass is 10.1. The second-order valence-corrected chi connectivity index (χ2v) is 4.48. The Kier molecular flexibility index (Phi) is 3.57. The van der Waals surface area contributed by atoms with E-state index in [-0.39, 0.29) is 12.2 Å². The van der Waals surface area contributed by atoms with Crippen molar-refractivity contribution in [2.45, 2.75) is 6.42 Å². The van der Waals surface area contributed by atoms with E-state index in [0.29, 0.717) is 6.29 Å². The number of carbonyl (C=O) groups is 1. The van der Waals surface area contributed by atoms with E-state index in [1.165, 1.54) is 0 Å². The normalized spacial score (nSPS) is 14.6. The van der Waals surface area contributed by atoms with Crippen molar-refractivity contribution in [2.75, 3.05) is 12.0 Å². The van der Waals surface area contributed by atoms with Gasteiger partial charge in [0.15, 0.2) is 0 Å². The molecule has 0 N–H and O–H groups in total. The van der Waals surface area contributed by atoms with E-state index in [1.54, 1.807) is 0 Å². The van der Waals surface area contributed by atoms with E-state index in [1.807, 2.05) is 0 Å². The van der Waals surface area contributed by atoms with E-state index in [2.05, 4.69) is 0 Å². The average Bonchev–Trinajstić information content (AvgIpc) is 1.81. The van der Waals surface area contributed by atoms with Crippen LogP contribution in [0.3, 0.4) is 0 Å². The summed E-state index contributed by atoms with van der Waals surface area (Å²) in [6, 6.07) is 0. The fourth-order valence-corrected chi connectivity index (χ4v) is 1.12. The number of sulfone groups is 1. The molecule has 0 aliphatic heterocycles. The maximum absolute atomic E-state index is 10.5. The van der Waals surface area contributed by atoms with Gasteiger partial charge in [0.1, 0.15) is 16.1 Å². The van der Waals surface area contributed by atoms with Crippen LogP contribution >= 0.6 is 0 Å². The van der Waals surface area contributed by atoms with Crippen molar-refractivity contribution in [3.63, 3.8) is 0 Å². The molecule has 0 saturated heterocycles. The van der Waals surface area contributed by atoms with Gasteiger partial charge in [0.05, 0.1) is 5.75 Å². The van der Waals surface area contributed by atoms with Gasteiger partial charge in [-0.3, -0.25) is 0 Å². The van der Waals surface area contributed by atoms with Crippen LogP contribution in [0.5, 0.6) is 0 Å². The molecule has 3 nitrogen and oxygen atoms in total. The lowest BCUT2D eigenvalue weighted by Gasteiger charge is -1.99. The first-order chi connectivity index (χ1) is 4.45. The smallest absolute Gasteiger partial charge is 0.147 e. The first-order valence-electron chi connectivity index (χ1n) is 2.84. The molecule has 0 bridgehead atoms. The first-order valence-corrected chi connectivity index (χ1v) is 4.90. The molecule has 0 saturated carbocycles. The minimum absolute atomic E-state index is 0.0209. The molecule has 0 fully saturated rings. The lowest BCUT2D eigenvalue weighted by Crippen LogP contribution is -2.08. The molecule has 0 aromatic heterocycles. The van der Waals surface area contributed by atoms with Crippen LogP contribution in [0.15, 0.2) is 0 Å². The Morgan fingerprint density at radius 2 is 2.10 bits per heavy atom. The summed E-state index contributed by atoms with van der Waals surface area (Å²) in [4.78, 5) is 9.90. The number of carbonyl (C=O) groups excluding carboxylic acids is 1. The molecule has 0 heterocycles. The van der Waals surface area contributed by atoms with Gasteiger partial charge in [-0.25, -0.2) is 8.42 Å². The highest BCUT2D eigenvalue weighted by Crippen LogP contribution is 1.98. The highest BCUT2D eigenvalue weighted by molar-refractivity contribution is 7.90. The summed E-state index contributed by atoms with van der Waals surface area (Å²) in [5.41, 5.74) is 0. The standard InChI is InChI=1S/C6H10O3S/c1-6(5-7)3-4-10(2,8)9/h1,5-6H,3-4H2,2H3/t6-/m0/s1. The van der Waals surface area contributed by atoms with Gasteiger partial charge in [-0.15, -0.1) is 0 Å². The minimum atomic E-state index is -2.97. The van der Waals surface area contributed by atoms with Gasteiger partial charge in [0.2, 0.25) is 0 Å². The van der Waals surface area contributed by atoms with Gasteiger partial charge in [0.25, 0.3) is 0 Å². The van der Waals surface area contributed by atoms with Gasteiger partial charge >= 0.3 is 0 Å². The molecule has 0 aliphatic carbocycles. The number of hydrogen-bond donors (Lipinski definition) is 0. The summed E-state index contributed by atoms with van der Waals surface area (Å²) in [5, 5.41) is 0. The third-order valence-corrected chi connectivity index (χ3v) is 1.97. The Hall–Kier alpha value is -0.380. The monoisotopic (exact) mass is 162 g/mol. The highest BCUT2D eigenvalue weighted by Gasteiger charge is 2.05. The van der Waals surface area contributed by atoms with Crippen molar-refractivity contribution in [1.82, 2.24) is 0 Å². The molecule has 0 spiro atoms. The SMILES string of the molecule is [CH][C@H](C=O)CCS(C)(=O)=O. The third-order valence-electron chi connectivity index (χ3n) is 0.997. The van der Waals surface area contributed by atoms with E-state index in [0.717, 1.165) is 6.26 Å². The maximum Gasteiger partial charge on any atom is 0.147 e. The van der Waals surface area contributed by atoms with Crippen LogP contribution in [-0.4, -0.2) is 26.7 Å². The summed E-state index contributed by atoms with van der Waals surface area (Å²) < 4.78 is 21.0. The fourth-order valence-electron chi connectivity index (χ4n) is 0.418. The largest absolute Gasteiger partial charge is 0.303 e. The number of aldehydes is 1. The summed E-state index contributed by atoms with van der Waals surface area (Å²) in [6.45, 7) is 5.15. The van der Waals surface area contributed by atoms with Gasteiger partial charge in [0, 0.05) is 12.2 Å². The van der Waals surface area contributed by atoms with E-state index in [4.69, 9.17) is 6.92 Å². The number of hydrogen-bond acceptors (Lipinski definition) is 3. The topological polar surface area (TPSA) is 51.2 Å². The second kappa shape index (κ2) is 3.71. The summed E-state index contributed by atoms with van der Waals surface area (Å²) >= 11 is 0. The van der Waals surface area contributed by atoms with Crippen molar-refractivity contribution in [3.05, 3.63) is 6.92 Å². The van der Waals surface area contributed by atoms with E-state index < -0.39 is 15.8 Å². The Morgan fingerprint density at radius 1 is 1.60 bits per heavy atom. The predicted molar refractivity (Wildman–Crippen MR) is 38.2 cm³/mol. The van der Waals surface area contributed by atoms with Crippen LogP contribution in [0.1, 0.15) is 6.42 Å². The third kappa shape index (κ3) is 5.75. The highest BCUT2D eigenvalue weighted by atomic mass is 32.2. The Labute approximate surface area is 61.4 Å². The number of rotatable bonds is 4. The molecular weight excluding hydrogens is 152 g/mol. The van der Waals surface area contributed by atoms with Gasteiger partial charge in [-0.1, -0.05) is 0 Å². The molecule has 2 radical (unpaired) electrons. The van der Waals surface area contributed by atoms with Crippen LogP contribution in [-0.2, 0) is 14.6 Å². The minimum Gasteiger partial charge on any atom is -0.303 e. The van der Waals surface area contributed by atoms with Crippen molar-refractivity contribution >= 4 is 16.1 Å². The lowest BCUT2D eigenvalue weighted by molar-refractivity contribution is -0.110. The van der Waals surface area contributed by atoms with Gasteiger partial charge in [-0.05, 0) is 13.3 Å². The van der Waals surface area contributed by atoms with Crippen molar-refractivity contribution in [3.8, 4) is 0 Å². The van der Waals surface area contributed by atoms with Crippen LogP contribution in [0.4, 0.5) is 0 Å². The van der Waals surface area contributed by atoms with Gasteiger partial charge < -0.3 is 4.79 Å². The van der Waals surface area contributed by atoms with Crippen molar-refractivity contribution in [2.24, 2.45) is 5.92 Å². The molecule has 0 aromatic rings. The van der Waals surface area contributed by atoms with Crippen molar-refractivity contribution < 1.29 is 13.2 Å². The molecule has 0 aliphatic rings. The average molecular weight is 162 g/mol. The predicted octanol–water partition coefficient (Wildman–Crippen LogP) is -0.0527. The molecular formula is C6H10O3S. The summed E-state index contributed by atoms with van der Waals surface area (Å²) in [6.07, 6.45) is 1.87. The molecule has 0 aromatic carbocycles. The van der Waals surface area contributed by atoms with Crippen LogP contribution < -0.4 is 0 Å². The fraction of sp³-hybridized carbons (Fsp3) is 0.667. The Morgan fingerprint density at radius 3 is 2.40 bits per heavy atom. The summed E-state index contributed by atoms with van der Waals surface area (Å²) in [7, 11) is -2.97. The Bertz CT molecular complexity index is 193. The van der Waals surface area contributed by atoms with E-state index in [9.17, 15) is 13.2 Å². The van der Waals surface area contributed by atoms with Gasteiger partial charge in [-0.2, -0.15) is 0 Å². The quantitative estimate of drug-likeness (QED) is 0.544. The molecule has 1 atom stereocenters. The molecule has 10 heavy (non-hydrogen) atoms. The molecule has 58 valence electrons. The maximum atomic E-state index is 10.5. The molecule has 0 unspecified atom stereocenters. The molecule has 4 heteroatoms. The zero-order valence-corrected chi connectivity index (χ0v) is 6.60. The second-order valence-electron chi connectivity index (χ2n) is 2.22. The van der Waals surface area contributed by atoms with Crippen LogP contribution in [0, 0.1) is 12.8 Å². The molecule has 0 amide bonds. The van der Waals surface area contributed by atoms with Crippen molar-refractivity contribution in [1.29, 1.82) is 0 Å². The van der Waals surface area contributed by atoms with Crippen LogP contribution in [0.2, 0.25) is 0 Å². The Balaban J connectivity index is 3.66. The zero-order chi connectivity index (χ0) is 8.20.